The first kappa shape index (κ1) is 8.44. The summed E-state index contributed by atoms with van der Waals surface area (Å²) < 4.78 is 25.4. The number of alkyl halides is 1. The molecule has 0 aliphatic carbocycles. The first-order valence-corrected chi connectivity index (χ1v) is 4.14. The highest BCUT2D eigenvalue weighted by Crippen LogP contribution is 2.16. The molecule has 13 heavy (non-hydrogen) atoms. The molecule has 0 spiro atoms. The Morgan fingerprint density at radius 1 is 1.31 bits per heavy atom. The molecule has 0 atom stereocenters. The maximum Gasteiger partial charge on any atom is 0.161 e. The Bertz CT molecular complexity index is 414. The number of fused-ring (bicyclic) bond motifs is 1. The van der Waals surface area contributed by atoms with Crippen molar-refractivity contribution in [2.75, 3.05) is 0 Å². The molecule has 1 heterocycles. The molecular weight excluding hydrogens is 198 g/mol. The van der Waals surface area contributed by atoms with Crippen molar-refractivity contribution >= 4 is 22.6 Å². The van der Waals surface area contributed by atoms with Gasteiger partial charge in [-0.05, 0) is 0 Å². The first-order chi connectivity index (χ1) is 6.20. The second-order valence-corrected chi connectivity index (χ2v) is 2.87. The number of hydrogen-bond acceptors (Lipinski definition) is 1. The van der Waals surface area contributed by atoms with Gasteiger partial charge in [-0.15, -0.1) is 11.6 Å². The highest BCUT2D eigenvalue weighted by Gasteiger charge is 2.07. The molecule has 5 heteroatoms. The van der Waals surface area contributed by atoms with Gasteiger partial charge >= 0.3 is 0 Å². The molecule has 0 unspecified atom stereocenters. The van der Waals surface area contributed by atoms with Crippen LogP contribution in [-0.2, 0) is 5.88 Å². The molecule has 2 aromatic rings. The van der Waals surface area contributed by atoms with Crippen molar-refractivity contribution in [1.29, 1.82) is 0 Å². The van der Waals surface area contributed by atoms with Crippen molar-refractivity contribution in [1.82, 2.24) is 9.97 Å². The molecule has 0 aliphatic rings. The molecule has 1 aromatic heterocycles. The summed E-state index contributed by atoms with van der Waals surface area (Å²) in [7, 11) is 0. The van der Waals surface area contributed by atoms with E-state index in [1.165, 1.54) is 0 Å². The van der Waals surface area contributed by atoms with Crippen molar-refractivity contribution in [3.05, 3.63) is 29.6 Å². The predicted molar refractivity (Wildman–Crippen MR) is 45.6 cm³/mol. The maximum atomic E-state index is 12.7. The zero-order chi connectivity index (χ0) is 9.42. The van der Waals surface area contributed by atoms with E-state index in [1.807, 2.05) is 0 Å². The molecule has 1 aromatic carbocycles. The van der Waals surface area contributed by atoms with Crippen LogP contribution < -0.4 is 0 Å². The van der Waals surface area contributed by atoms with Crippen LogP contribution in [0.2, 0.25) is 0 Å². The lowest BCUT2D eigenvalue weighted by Gasteiger charge is -1.90. The van der Waals surface area contributed by atoms with Gasteiger partial charge in [0.1, 0.15) is 5.82 Å². The van der Waals surface area contributed by atoms with Gasteiger partial charge in [-0.2, -0.15) is 0 Å². The van der Waals surface area contributed by atoms with Gasteiger partial charge < -0.3 is 4.98 Å². The van der Waals surface area contributed by atoms with Crippen molar-refractivity contribution in [2.45, 2.75) is 5.88 Å². The lowest BCUT2D eigenvalue weighted by atomic mass is 10.3. The van der Waals surface area contributed by atoms with Crippen LogP contribution in [0.15, 0.2) is 12.1 Å². The van der Waals surface area contributed by atoms with Gasteiger partial charge in [0.15, 0.2) is 11.6 Å². The Hall–Kier alpha value is -1.16. The van der Waals surface area contributed by atoms with Crippen molar-refractivity contribution in [3.8, 4) is 0 Å². The number of nitrogens with one attached hydrogen (secondary N) is 1. The van der Waals surface area contributed by atoms with Crippen LogP contribution in [0, 0.1) is 11.6 Å². The van der Waals surface area contributed by atoms with Crippen LogP contribution in [0.1, 0.15) is 5.82 Å². The zero-order valence-electron chi connectivity index (χ0n) is 6.44. The third-order valence-electron chi connectivity index (χ3n) is 1.70. The molecule has 0 bridgehead atoms. The van der Waals surface area contributed by atoms with Crippen molar-refractivity contribution in [3.63, 3.8) is 0 Å². The SMILES string of the molecule is Fc1cc2nc(CCl)[nH]c2cc1F. The number of nitrogens with zero attached hydrogens (tertiary/aromatic N) is 1. The number of benzene rings is 1. The Kier molecular flexibility index (Phi) is 1.92. The number of imidazole rings is 1. The predicted octanol–water partition coefficient (Wildman–Crippen LogP) is 2.58. The Morgan fingerprint density at radius 2 is 2.00 bits per heavy atom. The van der Waals surface area contributed by atoms with Crippen molar-refractivity contribution in [2.24, 2.45) is 0 Å². The molecular formula is C8H5ClF2N2. The molecule has 0 radical (unpaired) electrons. The highest BCUT2D eigenvalue weighted by atomic mass is 35.5. The molecule has 2 rings (SSSR count). The molecule has 68 valence electrons. The maximum absolute atomic E-state index is 12.7. The van der Waals surface area contributed by atoms with E-state index in [2.05, 4.69) is 9.97 Å². The van der Waals surface area contributed by atoms with E-state index in [1.54, 1.807) is 0 Å². The summed E-state index contributed by atoms with van der Waals surface area (Å²) >= 11 is 5.50. The number of aromatic nitrogens is 2. The summed E-state index contributed by atoms with van der Waals surface area (Å²) in [6.45, 7) is 0. The van der Waals surface area contributed by atoms with Crippen LogP contribution >= 0.6 is 11.6 Å². The standard InChI is InChI=1S/C8H5ClF2N2/c9-3-8-12-6-1-4(10)5(11)2-7(6)13-8/h1-2H,3H2,(H,12,13). The van der Waals surface area contributed by atoms with E-state index >= 15 is 0 Å². The summed E-state index contributed by atoms with van der Waals surface area (Å²) in [5.41, 5.74) is 0.837. The Labute approximate surface area is 77.5 Å². The van der Waals surface area contributed by atoms with Crippen LogP contribution in [-0.4, -0.2) is 9.97 Å². The van der Waals surface area contributed by atoms with Crippen LogP contribution in [0.25, 0.3) is 11.0 Å². The topological polar surface area (TPSA) is 28.7 Å². The van der Waals surface area contributed by atoms with Gasteiger partial charge in [-0.3, -0.25) is 0 Å². The lowest BCUT2D eigenvalue weighted by molar-refractivity contribution is 0.510. The van der Waals surface area contributed by atoms with Crippen LogP contribution in [0.4, 0.5) is 8.78 Å². The second kappa shape index (κ2) is 2.96. The fraction of sp³-hybridized carbons (Fsp3) is 0.125. The number of halogens is 3. The summed E-state index contributed by atoms with van der Waals surface area (Å²) in [4.78, 5) is 6.70. The third kappa shape index (κ3) is 1.37. The largest absolute Gasteiger partial charge is 0.341 e. The van der Waals surface area contributed by atoms with E-state index in [-0.39, 0.29) is 5.88 Å². The van der Waals surface area contributed by atoms with Gasteiger partial charge in [0.25, 0.3) is 0 Å². The first-order valence-electron chi connectivity index (χ1n) is 3.60. The Morgan fingerprint density at radius 3 is 2.69 bits per heavy atom. The molecule has 0 aliphatic heterocycles. The molecule has 1 N–H and O–H groups in total. The minimum atomic E-state index is -0.903. The van der Waals surface area contributed by atoms with Gasteiger partial charge in [0.2, 0.25) is 0 Å². The van der Waals surface area contributed by atoms with E-state index < -0.39 is 11.6 Å². The number of hydrogen-bond donors (Lipinski definition) is 1. The van der Waals surface area contributed by atoms with Crippen LogP contribution in [0.5, 0.6) is 0 Å². The molecule has 0 fully saturated rings. The normalized spacial score (nSPS) is 11.0. The smallest absolute Gasteiger partial charge is 0.161 e. The number of aromatic amines is 1. The second-order valence-electron chi connectivity index (χ2n) is 2.60. The van der Waals surface area contributed by atoms with E-state index in [0.29, 0.717) is 16.9 Å². The zero-order valence-corrected chi connectivity index (χ0v) is 7.20. The van der Waals surface area contributed by atoms with E-state index in [0.717, 1.165) is 12.1 Å². The summed E-state index contributed by atoms with van der Waals surface area (Å²) in [5, 5.41) is 0. The highest BCUT2D eigenvalue weighted by molar-refractivity contribution is 6.16. The number of H-pyrrole nitrogens is 1. The molecule has 0 saturated carbocycles. The average molecular weight is 203 g/mol. The van der Waals surface area contributed by atoms with Crippen molar-refractivity contribution < 1.29 is 8.78 Å². The summed E-state index contributed by atoms with van der Waals surface area (Å²) in [6.07, 6.45) is 0. The third-order valence-corrected chi connectivity index (χ3v) is 1.95. The van der Waals surface area contributed by atoms with Gasteiger partial charge in [-0.1, -0.05) is 0 Å². The van der Waals surface area contributed by atoms with Gasteiger partial charge in [0, 0.05) is 12.1 Å². The minimum Gasteiger partial charge on any atom is -0.341 e. The summed E-state index contributed by atoms with van der Waals surface area (Å²) in [5.74, 6) is -1.10. The lowest BCUT2D eigenvalue weighted by Crippen LogP contribution is -1.82. The Balaban J connectivity index is 2.70. The van der Waals surface area contributed by atoms with E-state index in [4.69, 9.17) is 11.6 Å². The fourth-order valence-corrected chi connectivity index (χ4v) is 1.25. The fourth-order valence-electron chi connectivity index (χ4n) is 1.12. The van der Waals surface area contributed by atoms with Gasteiger partial charge in [0.05, 0.1) is 16.9 Å². The average Bonchev–Trinajstić information content (AvgIpc) is 2.48. The minimum absolute atomic E-state index is 0.192. The molecule has 0 saturated heterocycles. The molecule has 0 amide bonds. The quantitative estimate of drug-likeness (QED) is 0.708. The summed E-state index contributed by atoms with van der Waals surface area (Å²) in [6, 6.07) is 2.10. The van der Waals surface area contributed by atoms with Gasteiger partial charge in [-0.25, -0.2) is 13.8 Å². The monoisotopic (exact) mass is 202 g/mol. The van der Waals surface area contributed by atoms with Crippen LogP contribution in [0.3, 0.4) is 0 Å². The number of rotatable bonds is 1. The van der Waals surface area contributed by atoms with E-state index in [9.17, 15) is 8.78 Å². The molecule has 2 nitrogen and oxygen atoms in total.